The Hall–Kier alpha value is -1.07. The number of hydrogen-bond acceptors (Lipinski definition) is 2. The number of halogens is 3. The Morgan fingerprint density at radius 2 is 2.00 bits per heavy atom. The molecule has 0 bridgehead atoms. The topological polar surface area (TPSA) is 38.0 Å². The van der Waals surface area contributed by atoms with Crippen LogP contribution in [0.3, 0.4) is 0 Å². The van der Waals surface area contributed by atoms with E-state index in [9.17, 15) is 13.2 Å². The first kappa shape index (κ1) is 11.0. The van der Waals surface area contributed by atoms with Gasteiger partial charge in [-0.1, -0.05) is 12.1 Å². The van der Waals surface area contributed by atoms with Gasteiger partial charge in [-0.25, -0.2) is 0 Å². The third-order valence-electron chi connectivity index (χ3n) is 1.91. The van der Waals surface area contributed by atoms with E-state index < -0.39 is 11.7 Å². The van der Waals surface area contributed by atoms with Gasteiger partial charge in [0.1, 0.15) is 0 Å². The zero-order chi connectivity index (χ0) is 10.8. The molecule has 3 N–H and O–H groups in total. The molecule has 78 valence electrons. The summed E-state index contributed by atoms with van der Waals surface area (Å²) in [6.45, 7) is 1.66. The standard InChI is InChI=1S/C9H11F3N2/c1-6-2-3-7(5-14-13)4-8(6)9(10,11)12/h2-4,14H,5,13H2,1H3. The van der Waals surface area contributed by atoms with Gasteiger partial charge in [-0.05, 0) is 24.1 Å². The summed E-state index contributed by atoms with van der Waals surface area (Å²) in [6, 6.07) is 4.16. The fraction of sp³-hybridized carbons (Fsp3) is 0.333. The van der Waals surface area contributed by atoms with Crippen LogP contribution in [0.5, 0.6) is 0 Å². The second-order valence-corrected chi connectivity index (χ2v) is 3.03. The molecule has 0 aliphatic heterocycles. The Kier molecular flexibility index (Phi) is 3.13. The number of rotatable bonds is 2. The van der Waals surface area contributed by atoms with E-state index in [1.165, 1.54) is 13.0 Å². The number of nitrogens with one attached hydrogen (secondary N) is 1. The average molecular weight is 204 g/mol. The largest absolute Gasteiger partial charge is 0.416 e. The molecule has 0 radical (unpaired) electrons. The van der Waals surface area contributed by atoms with Crippen LogP contribution in [-0.4, -0.2) is 0 Å². The van der Waals surface area contributed by atoms with Crippen LogP contribution in [-0.2, 0) is 12.7 Å². The third kappa shape index (κ3) is 2.46. The molecular weight excluding hydrogens is 193 g/mol. The van der Waals surface area contributed by atoms with Crippen LogP contribution < -0.4 is 11.3 Å². The molecule has 5 heteroatoms. The predicted octanol–water partition coefficient (Wildman–Crippen LogP) is 1.98. The van der Waals surface area contributed by atoms with E-state index in [0.717, 1.165) is 6.07 Å². The van der Waals surface area contributed by atoms with Crippen LogP contribution in [0.1, 0.15) is 16.7 Å². The molecule has 0 fully saturated rings. The molecule has 14 heavy (non-hydrogen) atoms. The summed E-state index contributed by atoms with van der Waals surface area (Å²) in [4.78, 5) is 0. The van der Waals surface area contributed by atoms with Crippen molar-refractivity contribution in [3.8, 4) is 0 Å². The quantitative estimate of drug-likeness (QED) is 0.571. The molecule has 0 unspecified atom stereocenters. The molecule has 1 rings (SSSR count). The first-order valence-electron chi connectivity index (χ1n) is 4.05. The molecule has 0 heterocycles. The zero-order valence-corrected chi connectivity index (χ0v) is 7.65. The van der Waals surface area contributed by atoms with Gasteiger partial charge >= 0.3 is 6.18 Å². The normalized spacial score (nSPS) is 11.8. The molecule has 1 aromatic rings. The van der Waals surface area contributed by atoms with Crippen molar-refractivity contribution in [1.82, 2.24) is 5.43 Å². The van der Waals surface area contributed by atoms with Crippen molar-refractivity contribution in [2.24, 2.45) is 5.84 Å². The fourth-order valence-corrected chi connectivity index (χ4v) is 1.20. The van der Waals surface area contributed by atoms with Crippen molar-refractivity contribution in [2.45, 2.75) is 19.6 Å². The number of benzene rings is 1. The average Bonchev–Trinajstić information content (AvgIpc) is 2.07. The SMILES string of the molecule is Cc1ccc(CNN)cc1C(F)(F)F. The number of aryl methyl sites for hydroxylation is 1. The lowest BCUT2D eigenvalue weighted by molar-refractivity contribution is -0.138. The van der Waals surface area contributed by atoms with E-state index in [1.54, 1.807) is 6.07 Å². The lowest BCUT2D eigenvalue weighted by atomic mass is 10.0. The van der Waals surface area contributed by atoms with Crippen molar-refractivity contribution in [2.75, 3.05) is 0 Å². The second kappa shape index (κ2) is 3.98. The van der Waals surface area contributed by atoms with Crippen LogP contribution in [0.4, 0.5) is 13.2 Å². The molecular formula is C9H11F3N2. The van der Waals surface area contributed by atoms with Crippen molar-refractivity contribution < 1.29 is 13.2 Å². The maximum absolute atomic E-state index is 12.4. The molecule has 2 nitrogen and oxygen atoms in total. The zero-order valence-electron chi connectivity index (χ0n) is 7.65. The molecule has 1 aromatic carbocycles. The van der Waals surface area contributed by atoms with E-state index in [4.69, 9.17) is 5.84 Å². The summed E-state index contributed by atoms with van der Waals surface area (Å²) in [5.41, 5.74) is 2.45. The third-order valence-corrected chi connectivity index (χ3v) is 1.91. The van der Waals surface area contributed by atoms with Gasteiger partial charge in [0, 0.05) is 6.54 Å². The van der Waals surface area contributed by atoms with E-state index >= 15 is 0 Å². The van der Waals surface area contributed by atoms with Crippen molar-refractivity contribution in [1.29, 1.82) is 0 Å². The highest BCUT2D eigenvalue weighted by Gasteiger charge is 2.32. The van der Waals surface area contributed by atoms with Gasteiger partial charge in [0.2, 0.25) is 0 Å². The van der Waals surface area contributed by atoms with Crippen molar-refractivity contribution >= 4 is 0 Å². The lowest BCUT2D eigenvalue weighted by Crippen LogP contribution is -2.21. The molecule has 0 saturated heterocycles. The lowest BCUT2D eigenvalue weighted by Gasteiger charge is -2.11. The van der Waals surface area contributed by atoms with E-state index in [1.807, 2.05) is 0 Å². The number of nitrogens with two attached hydrogens (primary N) is 1. The molecule has 0 atom stereocenters. The molecule has 0 amide bonds. The Bertz CT molecular complexity index is 320. The highest BCUT2D eigenvalue weighted by molar-refractivity contribution is 5.33. The molecule has 0 saturated carbocycles. The predicted molar refractivity (Wildman–Crippen MR) is 47.2 cm³/mol. The maximum Gasteiger partial charge on any atom is 0.416 e. The van der Waals surface area contributed by atoms with Gasteiger partial charge in [-0.15, -0.1) is 0 Å². The fourth-order valence-electron chi connectivity index (χ4n) is 1.20. The summed E-state index contributed by atoms with van der Waals surface area (Å²) in [6.07, 6.45) is -4.30. The first-order chi connectivity index (χ1) is 6.45. The van der Waals surface area contributed by atoms with Crippen molar-refractivity contribution in [3.05, 3.63) is 34.9 Å². The molecule has 0 aliphatic rings. The number of hydrogen-bond donors (Lipinski definition) is 2. The Balaban J connectivity index is 3.09. The van der Waals surface area contributed by atoms with Gasteiger partial charge < -0.3 is 0 Å². The Morgan fingerprint density at radius 1 is 1.36 bits per heavy atom. The molecule has 0 aromatic heterocycles. The Labute approximate surface area is 79.9 Å². The smallest absolute Gasteiger partial charge is 0.271 e. The van der Waals surface area contributed by atoms with Crippen LogP contribution >= 0.6 is 0 Å². The summed E-state index contributed by atoms with van der Waals surface area (Å²) in [5.74, 6) is 5.03. The second-order valence-electron chi connectivity index (χ2n) is 3.03. The monoisotopic (exact) mass is 204 g/mol. The van der Waals surface area contributed by atoms with Gasteiger partial charge in [0.15, 0.2) is 0 Å². The number of alkyl halides is 3. The van der Waals surface area contributed by atoms with E-state index in [-0.39, 0.29) is 12.1 Å². The molecule has 0 aliphatic carbocycles. The van der Waals surface area contributed by atoms with Crippen LogP contribution in [0.15, 0.2) is 18.2 Å². The van der Waals surface area contributed by atoms with Gasteiger partial charge in [0.05, 0.1) is 5.56 Å². The molecule has 0 spiro atoms. The van der Waals surface area contributed by atoms with Crippen LogP contribution in [0.2, 0.25) is 0 Å². The summed E-state index contributed by atoms with van der Waals surface area (Å²) < 4.78 is 37.3. The summed E-state index contributed by atoms with van der Waals surface area (Å²) >= 11 is 0. The Morgan fingerprint density at radius 3 is 2.50 bits per heavy atom. The van der Waals surface area contributed by atoms with Crippen LogP contribution in [0.25, 0.3) is 0 Å². The highest BCUT2D eigenvalue weighted by Crippen LogP contribution is 2.32. The minimum Gasteiger partial charge on any atom is -0.271 e. The minimum absolute atomic E-state index is 0.221. The van der Waals surface area contributed by atoms with Gasteiger partial charge in [0.25, 0.3) is 0 Å². The number of hydrazine groups is 1. The highest BCUT2D eigenvalue weighted by atomic mass is 19.4. The summed E-state index contributed by atoms with van der Waals surface area (Å²) in [7, 11) is 0. The summed E-state index contributed by atoms with van der Waals surface area (Å²) in [5, 5.41) is 0. The van der Waals surface area contributed by atoms with Crippen LogP contribution in [0, 0.1) is 6.92 Å². The minimum atomic E-state index is -4.30. The van der Waals surface area contributed by atoms with Gasteiger partial charge in [-0.3, -0.25) is 11.3 Å². The maximum atomic E-state index is 12.4. The van der Waals surface area contributed by atoms with E-state index in [2.05, 4.69) is 5.43 Å². The first-order valence-corrected chi connectivity index (χ1v) is 4.05. The van der Waals surface area contributed by atoms with Crippen molar-refractivity contribution in [3.63, 3.8) is 0 Å². The van der Waals surface area contributed by atoms with E-state index in [0.29, 0.717) is 5.56 Å². The van der Waals surface area contributed by atoms with Gasteiger partial charge in [-0.2, -0.15) is 13.2 Å².